The third-order valence-corrected chi connectivity index (χ3v) is 12.6. The van der Waals surface area contributed by atoms with Crippen molar-refractivity contribution < 1.29 is 43.9 Å². The van der Waals surface area contributed by atoms with Gasteiger partial charge >= 0.3 is 0 Å². The van der Waals surface area contributed by atoms with Crippen LogP contribution in [0.4, 0.5) is 22.7 Å². The molecule has 12 rings (SSSR count). The van der Waals surface area contributed by atoms with Crippen molar-refractivity contribution in [3.63, 3.8) is 0 Å². The summed E-state index contributed by atoms with van der Waals surface area (Å²) in [5.74, 6) is 1.48. The van der Waals surface area contributed by atoms with Gasteiger partial charge in [-0.15, -0.1) is 42.7 Å². The van der Waals surface area contributed by atoms with Crippen LogP contribution in [0.25, 0.3) is 71.8 Å². The van der Waals surface area contributed by atoms with E-state index in [2.05, 4.69) is 61.7 Å². The van der Waals surface area contributed by atoms with Gasteiger partial charge in [-0.2, -0.15) is 12.1 Å². The molecule has 0 radical (unpaired) electrons. The average molecular weight is 1090 g/mol. The molecule has 8 aromatic carbocycles. The van der Waals surface area contributed by atoms with E-state index in [4.69, 9.17) is 22.4 Å². The van der Waals surface area contributed by atoms with Gasteiger partial charge in [-0.05, 0) is 93.1 Å². The van der Waals surface area contributed by atoms with Crippen LogP contribution in [-0.4, -0.2) is 9.55 Å². The van der Waals surface area contributed by atoms with E-state index < -0.39 is 65.8 Å². The zero-order valence-corrected chi connectivity index (χ0v) is 40.8. The molecule has 7 heteroatoms. The van der Waals surface area contributed by atoms with E-state index in [-0.39, 0.29) is 54.4 Å². The van der Waals surface area contributed by atoms with E-state index in [0.29, 0.717) is 39.9 Å². The average Bonchev–Trinajstić information content (AvgIpc) is 4.16. The minimum atomic E-state index is -0.634. The van der Waals surface area contributed by atoms with E-state index in [1.807, 2.05) is 105 Å². The normalized spacial score (nSPS) is 14.9. The Balaban J connectivity index is 0.00000660. The van der Waals surface area contributed by atoms with E-state index in [9.17, 15) is 5.48 Å². The first-order valence-corrected chi connectivity index (χ1v) is 22.5. The summed E-state index contributed by atoms with van der Waals surface area (Å²) in [5.41, 5.74) is 6.28. The Morgan fingerprint density at radius 2 is 1.25 bits per heavy atom. The molecule has 0 aliphatic carbocycles. The van der Waals surface area contributed by atoms with Crippen LogP contribution in [0, 0.1) is 18.8 Å². The molecule has 0 N–H and O–H groups in total. The number of para-hydroxylation sites is 3. The predicted molar refractivity (Wildman–Crippen MR) is 280 cm³/mol. The summed E-state index contributed by atoms with van der Waals surface area (Å²) in [6, 6.07) is 38.6. The van der Waals surface area contributed by atoms with E-state index in [1.54, 1.807) is 29.8 Å². The van der Waals surface area contributed by atoms with Gasteiger partial charge in [0.1, 0.15) is 17.0 Å². The molecular weight excluding hydrogens is 1030 g/mol. The van der Waals surface area contributed by atoms with Crippen molar-refractivity contribution in [3.8, 4) is 39.6 Å². The third-order valence-electron chi connectivity index (χ3n) is 12.6. The SMILES string of the molecule is [2H]c1c([2H])c([2H])c(-c2cc(C(C)(C)C)cc(-c3c([2H])c([2H])c([2H])c([2H])c3[2H])c2N2[CH-]N(c3[c-]c(Oc4[c-]c5c(cc4)c4c6oc7ccccc7c6ccc4n5-c4cc(C(C)(C)C)ccn4)ccc3)c3ccccc32)c([2H])c1[2H].[Pt]. The molecule has 6 nitrogen and oxygen atoms in total. The zero-order chi connectivity index (χ0) is 55.0. The molecule has 0 spiro atoms. The molecule has 1 aliphatic rings. The summed E-state index contributed by atoms with van der Waals surface area (Å²) < 4.78 is 105. The number of nitrogens with zero attached hydrogens (tertiary/aromatic N) is 4. The molecule has 0 saturated carbocycles. The maximum Gasteiger partial charge on any atom is 0.135 e. The minimum Gasteiger partial charge on any atom is -0.509 e. The molecule has 342 valence electrons. The smallest absolute Gasteiger partial charge is 0.135 e. The molecule has 0 atom stereocenters. The molecule has 0 fully saturated rings. The van der Waals surface area contributed by atoms with Gasteiger partial charge in [-0.1, -0.05) is 143 Å². The second-order valence-corrected chi connectivity index (χ2v) is 19.0. The van der Waals surface area contributed by atoms with Crippen molar-refractivity contribution in [1.29, 1.82) is 0 Å². The number of rotatable bonds is 7. The Morgan fingerprint density at radius 1 is 0.609 bits per heavy atom. The summed E-state index contributed by atoms with van der Waals surface area (Å²) in [7, 11) is 0. The number of anilines is 4. The van der Waals surface area contributed by atoms with Crippen LogP contribution in [0.3, 0.4) is 0 Å². The fraction of sp³-hybridized carbons (Fsp3) is 0.129. The Morgan fingerprint density at radius 3 is 1.94 bits per heavy atom. The second-order valence-electron chi connectivity index (χ2n) is 19.0. The van der Waals surface area contributed by atoms with Gasteiger partial charge < -0.3 is 23.5 Å². The number of hydrogen-bond acceptors (Lipinski definition) is 5. The molecule has 11 aromatic rings. The largest absolute Gasteiger partial charge is 0.509 e. The van der Waals surface area contributed by atoms with Gasteiger partial charge in [-0.3, -0.25) is 0 Å². The van der Waals surface area contributed by atoms with E-state index >= 15 is 0 Å². The van der Waals surface area contributed by atoms with Crippen LogP contribution in [0.2, 0.25) is 0 Å². The van der Waals surface area contributed by atoms with Crippen LogP contribution in [-0.2, 0) is 31.9 Å². The van der Waals surface area contributed by atoms with E-state index in [1.165, 1.54) is 0 Å². The van der Waals surface area contributed by atoms with Crippen LogP contribution in [0.1, 0.15) is 66.4 Å². The Labute approximate surface area is 431 Å². The van der Waals surface area contributed by atoms with E-state index in [0.717, 1.165) is 49.3 Å². The van der Waals surface area contributed by atoms with Crippen LogP contribution >= 0.6 is 0 Å². The molecule has 0 saturated heterocycles. The molecule has 0 amide bonds. The van der Waals surface area contributed by atoms with Crippen molar-refractivity contribution in [1.82, 2.24) is 9.55 Å². The second kappa shape index (κ2) is 17.0. The van der Waals surface area contributed by atoms with Crippen LogP contribution in [0.5, 0.6) is 11.5 Å². The zero-order valence-electron chi connectivity index (χ0n) is 48.5. The third kappa shape index (κ3) is 7.68. The first kappa shape index (κ1) is 34.0. The summed E-state index contributed by atoms with van der Waals surface area (Å²) in [6.07, 6.45) is 1.83. The summed E-state index contributed by atoms with van der Waals surface area (Å²) in [5, 5.41) is 3.83. The van der Waals surface area contributed by atoms with Crippen molar-refractivity contribution in [2.75, 3.05) is 9.80 Å². The predicted octanol–water partition coefficient (Wildman–Crippen LogP) is 16.8. The standard InChI is InChI=1S/C62H49N4O2.Pt/c1-61(2,3)42-32-33-63-57(36-42)66-54-31-30-48-47-24-13-16-27-56(47)68-60(48)58(54)49-29-28-46(38-55(49)66)67-45-23-17-22-44(37-45)64-39-65(53-26-15-14-25-52(53)64)59-50(40-18-9-7-10-19-40)34-43(62(4,5)6)35-51(59)41-20-11-8-12-21-41;/h7-36,39H,1-6H3;/q-3;/i7D,8D,9D,10D,11D,12D,18D,19D,20D,21D;. The van der Waals surface area contributed by atoms with Gasteiger partial charge in [-0.25, -0.2) is 4.98 Å². The van der Waals surface area contributed by atoms with Crippen molar-refractivity contribution in [2.45, 2.75) is 52.4 Å². The molecule has 3 aromatic heterocycles. The van der Waals surface area contributed by atoms with Crippen molar-refractivity contribution in [3.05, 3.63) is 212 Å². The summed E-state index contributed by atoms with van der Waals surface area (Å²) in [4.78, 5) is 8.55. The Hall–Kier alpha value is -7.40. The number of hydrogen-bond donors (Lipinski definition) is 0. The monoisotopic (exact) mass is 1090 g/mol. The number of aromatic nitrogens is 2. The van der Waals surface area contributed by atoms with Crippen molar-refractivity contribution >= 4 is 66.5 Å². The van der Waals surface area contributed by atoms with Gasteiger partial charge in [0.25, 0.3) is 0 Å². The quantitative estimate of drug-likeness (QED) is 0.149. The molecule has 0 bridgehead atoms. The molecule has 69 heavy (non-hydrogen) atoms. The molecule has 4 heterocycles. The number of furan rings is 1. The Bertz CT molecular complexity index is 4200. The fourth-order valence-electron chi connectivity index (χ4n) is 9.21. The van der Waals surface area contributed by atoms with Crippen molar-refractivity contribution in [2.24, 2.45) is 0 Å². The van der Waals surface area contributed by atoms with Crippen LogP contribution in [0.15, 0.2) is 186 Å². The van der Waals surface area contributed by atoms with Gasteiger partial charge in [0, 0.05) is 83.2 Å². The molecular formula is C62H49N4O2Pt-3. The maximum atomic E-state index is 9.27. The summed E-state index contributed by atoms with van der Waals surface area (Å²) in [6.45, 7) is 14.1. The van der Waals surface area contributed by atoms with Gasteiger partial charge in [0.05, 0.1) is 13.7 Å². The number of fused-ring (bicyclic) bond motifs is 8. The number of benzene rings is 8. The van der Waals surface area contributed by atoms with Gasteiger partial charge in [0.2, 0.25) is 0 Å². The first-order valence-electron chi connectivity index (χ1n) is 27.5. The Kier molecular flexibility index (Phi) is 8.36. The topological polar surface area (TPSA) is 46.7 Å². The maximum absolute atomic E-state index is 9.27. The summed E-state index contributed by atoms with van der Waals surface area (Å²) >= 11 is 0. The fourth-order valence-corrected chi connectivity index (χ4v) is 9.21. The molecule has 0 unspecified atom stereocenters. The minimum absolute atomic E-state index is 0. The molecule has 1 aliphatic heterocycles. The van der Waals surface area contributed by atoms with Gasteiger partial charge in [0.15, 0.2) is 0 Å². The first-order chi connectivity index (χ1) is 37.1. The number of pyridine rings is 1. The van der Waals surface area contributed by atoms with Crippen LogP contribution < -0.4 is 14.5 Å². The number of ether oxygens (including phenoxy) is 1.